The van der Waals surface area contributed by atoms with Crippen LogP contribution in [0.5, 0.6) is 0 Å². The van der Waals surface area contributed by atoms with Crippen LogP contribution in [0.4, 0.5) is 11.4 Å². The van der Waals surface area contributed by atoms with Crippen molar-refractivity contribution in [1.82, 2.24) is 5.43 Å². The minimum Gasteiger partial charge on any atom is -0.466 e. The molecule has 5 nitrogen and oxygen atoms in total. The smallest absolute Gasteiger partial charge is 0.274 e. The zero-order valence-electron chi connectivity index (χ0n) is 15.1. The number of para-hydroxylation sites is 1. The second-order valence-electron chi connectivity index (χ2n) is 6.01. The van der Waals surface area contributed by atoms with E-state index in [-0.39, 0.29) is 5.91 Å². The Balaban J connectivity index is 1.63. The van der Waals surface area contributed by atoms with Gasteiger partial charge in [-0.3, -0.25) is 4.79 Å². The third-order valence-corrected chi connectivity index (χ3v) is 4.09. The molecule has 2 aromatic carbocycles. The predicted molar refractivity (Wildman–Crippen MR) is 104 cm³/mol. The average Bonchev–Trinajstić information content (AvgIpc) is 3.00. The quantitative estimate of drug-likeness (QED) is 0.549. The van der Waals surface area contributed by atoms with Gasteiger partial charge in [-0.2, -0.15) is 5.10 Å². The molecule has 0 radical (unpaired) electrons. The van der Waals surface area contributed by atoms with Crippen molar-refractivity contribution in [2.24, 2.45) is 5.10 Å². The summed E-state index contributed by atoms with van der Waals surface area (Å²) in [5.41, 5.74) is 6.11. The van der Waals surface area contributed by atoms with E-state index in [1.807, 2.05) is 49.5 Å². The van der Waals surface area contributed by atoms with Gasteiger partial charge in [0.1, 0.15) is 11.5 Å². The first kappa shape index (κ1) is 17.5. The van der Waals surface area contributed by atoms with E-state index in [1.54, 1.807) is 26.1 Å². The summed E-state index contributed by atoms with van der Waals surface area (Å²) < 4.78 is 5.35. The molecule has 5 heteroatoms. The molecule has 1 aromatic heterocycles. The molecule has 0 aliphatic heterocycles. The average molecular weight is 347 g/mol. The highest BCUT2D eigenvalue weighted by Crippen LogP contribution is 2.22. The van der Waals surface area contributed by atoms with Crippen LogP contribution >= 0.6 is 0 Å². The van der Waals surface area contributed by atoms with Crippen LogP contribution in [-0.2, 0) is 0 Å². The van der Waals surface area contributed by atoms with Crippen LogP contribution < -0.4 is 10.3 Å². The SMILES string of the molecule is Cc1cc(C(=O)N/N=C/c2ccc(N(C)c3ccccc3)cc2)c(C)o1. The lowest BCUT2D eigenvalue weighted by atomic mass is 10.2. The minimum absolute atomic E-state index is 0.281. The third-order valence-electron chi connectivity index (χ3n) is 4.09. The fraction of sp³-hybridized carbons (Fsp3) is 0.143. The highest BCUT2D eigenvalue weighted by molar-refractivity contribution is 5.95. The standard InChI is InChI=1S/C21H21N3O2/c1-15-13-20(16(2)26-15)21(25)23-22-14-17-9-11-19(12-10-17)24(3)18-7-5-4-6-8-18/h4-14H,1-3H3,(H,23,25)/b22-14+. The second kappa shape index (κ2) is 7.70. The molecular formula is C21H21N3O2. The Morgan fingerprint density at radius 2 is 1.69 bits per heavy atom. The highest BCUT2D eigenvalue weighted by atomic mass is 16.3. The number of carbonyl (C=O) groups is 1. The van der Waals surface area contributed by atoms with E-state index in [0.717, 1.165) is 16.9 Å². The summed E-state index contributed by atoms with van der Waals surface area (Å²) in [6.45, 7) is 3.56. The lowest BCUT2D eigenvalue weighted by Crippen LogP contribution is -2.17. The van der Waals surface area contributed by atoms with Crippen molar-refractivity contribution < 1.29 is 9.21 Å². The fourth-order valence-corrected chi connectivity index (χ4v) is 2.67. The molecule has 0 unspecified atom stereocenters. The van der Waals surface area contributed by atoms with Gasteiger partial charge in [0, 0.05) is 18.4 Å². The van der Waals surface area contributed by atoms with E-state index in [0.29, 0.717) is 17.1 Å². The highest BCUT2D eigenvalue weighted by Gasteiger charge is 2.12. The molecule has 1 amide bonds. The predicted octanol–water partition coefficient (Wildman–Crippen LogP) is 4.43. The van der Waals surface area contributed by atoms with Gasteiger partial charge < -0.3 is 9.32 Å². The Bertz CT molecular complexity index is 912. The van der Waals surface area contributed by atoms with Gasteiger partial charge >= 0.3 is 0 Å². The molecule has 3 aromatic rings. The molecule has 132 valence electrons. The number of rotatable bonds is 5. The van der Waals surface area contributed by atoms with Gasteiger partial charge in [0.25, 0.3) is 5.91 Å². The second-order valence-corrected chi connectivity index (χ2v) is 6.01. The molecular weight excluding hydrogens is 326 g/mol. The summed E-state index contributed by atoms with van der Waals surface area (Å²) in [6, 6.07) is 19.8. The molecule has 0 bridgehead atoms. The van der Waals surface area contributed by atoms with E-state index < -0.39 is 0 Å². The minimum atomic E-state index is -0.281. The van der Waals surface area contributed by atoms with Crippen LogP contribution in [0.25, 0.3) is 0 Å². The first-order valence-corrected chi connectivity index (χ1v) is 8.34. The molecule has 0 saturated carbocycles. The number of aryl methyl sites for hydroxylation is 2. The van der Waals surface area contributed by atoms with Crippen LogP contribution in [0.2, 0.25) is 0 Å². The molecule has 26 heavy (non-hydrogen) atoms. The fourth-order valence-electron chi connectivity index (χ4n) is 2.67. The summed E-state index contributed by atoms with van der Waals surface area (Å²) in [7, 11) is 2.02. The number of nitrogens with zero attached hydrogens (tertiary/aromatic N) is 2. The molecule has 0 aliphatic carbocycles. The third kappa shape index (κ3) is 4.00. The van der Waals surface area contributed by atoms with Crippen LogP contribution in [0, 0.1) is 13.8 Å². The van der Waals surface area contributed by atoms with Crippen molar-refractivity contribution in [3.05, 3.63) is 83.3 Å². The molecule has 0 spiro atoms. The summed E-state index contributed by atoms with van der Waals surface area (Å²) in [6.07, 6.45) is 1.62. The molecule has 1 N–H and O–H groups in total. The van der Waals surface area contributed by atoms with Crippen molar-refractivity contribution in [3.63, 3.8) is 0 Å². The number of benzene rings is 2. The Hall–Kier alpha value is -3.34. The maximum Gasteiger partial charge on any atom is 0.274 e. The van der Waals surface area contributed by atoms with Gasteiger partial charge in [-0.15, -0.1) is 0 Å². The number of hydrazone groups is 1. The van der Waals surface area contributed by atoms with Crippen LogP contribution in [-0.4, -0.2) is 19.2 Å². The van der Waals surface area contributed by atoms with Crippen molar-refractivity contribution in [1.29, 1.82) is 0 Å². The monoisotopic (exact) mass is 347 g/mol. The number of amides is 1. The van der Waals surface area contributed by atoms with Gasteiger partial charge in [0.15, 0.2) is 0 Å². The Morgan fingerprint density at radius 1 is 1.04 bits per heavy atom. The zero-order valence-corrected chi connectivity index (χ0v) is 15.1. The Kier molecular flexibility index (Phi) is 5.17. The Labute approximate surface area is 153 Å². The Morgan fingerprint density at radius 3 is 2.31 bits per heavy atom. The van der Waals surface area contributed by atoms with E-state index >= 15 is 0 Å². The molecule has 0 saturated heterocycles. The summed E-state index contributed by atoms with van der Waals surface area (Å²) in [4.78, 5) is 14.2. The number of hydrogen-bond donors (Lipinski definition) is 1. The van der Waals surface area contributed by atoms with E-state index in [9.17, 15) is 4.79 Å². The van der Waals surface area contributed by atoms with Crippen molar-refractivity contribution in [2.75, 3.05) is 11.9 Å². The molecule has 1 heterocycles. The molecule has 0 fully saturated rings. The van der Waals surface area contributed by atoms with Crippen LogP contribution in [0.1, 0.15) is 27.4 Å². The van der Waals surface area contributed by atoms with Crippen molar-refractivity contribution in [3.8, 4) is 0 Å². The summed E-state index contributed by atoms with van der Waals surface area (Å²) >= 11 is 0. The van der Waals surface area contributed by atoms with Gasteiger partial charge in [-0.05, 0) is 49.7 Å². The van der Waals surface area contributed by atoms with Crippen molar-refractivity contribution in [2.45, 2.75) is 13.8 Å². The number of furan rings is 1. The first-order chi connectivity index (χ1) is 12.5. The van der Waals surface area contributed by atoms with E-state index in [4.69, 9.17) is 4.42 Å². The molecule has 0 atom stereocenters. The lowest BCUT2D eigenvalue weighted by molar-refractivity contribution is 0.0953. The number of carbonyl (C=O) groups excluding carboxylic acids is 1. The summed E-state index contributed by atoms with van der Waals surface area (Å²) in [5, 5.41) is 4.02. The first-order valence-electron chi connectivity index (χ1n) is 8.34. The van der Waals surface area contributed by atoms with Crippen LogP contribution in [0.15, 0.2) is 70.2 Å². The maximum atomic E-state index is 12.1. The number of anilines is 2. The van der Waals surface area contributed by atoms with Gasteiger partial charge in [0.05, 0.1) is 11.8 Å². The van der Waals surface area contributed by atoms with Crippen LogP contribution in [0.3, 0.4) is 0 Å². The summed E-state index contributed by atoms with van der Waals surface area (Å²) in [5.74, 6) is 1.01. The van der Waals surface area contributed by atoms with Gasteiger partial charge in [-0.1, -0.05) is 30.3 Å². The number of hydrogen-bond acceptors (Lipinski definition) is 4. The molecule has 3 rings (SSSR count). The zero-order chi connectivity index (χ0) is 18.5. The van der Waals surface area contributed by atoms with Crippen molar-refractivity contribution >= 4 is 23.5 Å². The van der Waals surface area contributed by atoms with E-state index in [2.05, 4.69) is 27.6 Å². The largest absolute Gasteiger partial charge is 0.466 e. The van der Waals surface area contributed by atoms with Gasteiger partial charge in [0.2, 0.25) is 0 Å². The van der Waals surface area contributed by atoms with E-state index in [1.165, 1.54) is 0 Å². The number of nitrogens with one attached hydrogen (secondary N) is 1. The normalized spacial score (nSPS) is 10.9. The topological polar surface area (TPSA) is 57.8 Å². The lowest BCUT2D eigenvalue weighted by Gasteiger charge is -2.19. The maximum absolute atomic E-state index is 12.1. The van der Waals surface area contributed by atoms with Gasteiger partial charge in [-0.25, -0.2) is 5.43 Å². The molecule has 0 aliphatic rings.